The lowest BCUT2D eigenvalue weighted by atomic mass is 9.99. The third-order valence-corrected chi connectivity index (χ3v) is 3.98. The zero-order chi connectivity index (χ0) is 20.1. The van der Waals surface area contributed by atoms with E-state index in [2.05, 4.69) is 10.6 Å². The third kappa shape index (κ3) is 4.20. The van der Waals surface area contributed by atoms with E-state index in [1.165, 1.54) is 0 Å². The monoisotopic (exact) mass is 384 g/mol. The van der Waals surface area contributed by atoms with Crippen molar-refractivity contribution in [2.45, 2.75) is 0 Å². The summed E-state index contributed by atoms with van der Waals surface area (Å²) < 4.78 is 39.8. The van der Waals surface area contributed by atoms with Crippen molar-refractivity contribution in [3.63, 3.8) is 0 Å². The average Bonchev–Trinajstić information content (AvgIpc) is 2.73. The Labute approximate surface area is 159 Å². The van der Waals surface area contributed by atoms with Crippen LogP contribution in [0.15, 0.2) is 66.7 Å². The highest BCUT2D eigenvalue weighted by Crippen LogP contribution is 2.23. The highest BCUT2D eigenvalue weighted by molar-refractivity contribution is 6.03. The normalized spacial score (nSPS) is 10.4. The molecule has 0 radical (unpaired) electrons. The molecular formula is C21H15F3N2O2. The molecule has 3 aromatic carbocycles. The van der Waals surface area contributed by atoms with Gasteiger partial charge in [-0.05, 0) is 29.3 Å². The van der Waals surface area contributed by atoms with E-state index < -0.39 is 41.5 Å². The van der Waals surface area contributed by atoms with Crippen LogP contribution in [0, 0.1) is 17.5 Å². The van der Waals surface area contributed by atoms with Crippen molar-refractivity contribution in [1.82, 2.24) is 5.32 Å². The summed E-state index contributed by atoms with van der Waals surface area (Å²) in [6, 6.07) is 17.7. The number of hydrogen-bond donors (Lipinski definition) is 2. The van der Waals surface area contributed by atoms with Crippen LogP contribution >= 0.6 is 0 Å². The molecule has 2 amide bonds. The number of rotatable bonds is 5. The molecule has 0 fully saturated rings. The van der Waals surface area contributed by atoms with Crippen molar-refractivity contribution in [2.75, 3.05) is 11.9 Å². The smallest absolute Gasteiger partial charge is 0.252 e. The SMILES string of the molecule is O=C(CNC(=O)c1ccccc1-c1ccccc1)Nc1ccc(F)c(F)c1F. The minimum absolute atomic E-state index is 0.362. The number of benzene rings is 3. The molecule has 0 bridgehead atoms. The Balaban J connectivity index is 1.68. The highest BCUT2D eigenvalue weighted by atomic mass is 19.2. The van der Waals surface area contributed by atoms with Crippen LogP contribution in [0.3, 0.4) is 0 Å². The molecule has 4 nitrogen and oxygen atoms in total. The Morgan fingerprint density at radius 1 is 0.786 bits per heavy atom. The Morgan fingerprint density at radius 3 is 2.21 bits per heavy atom. The molecule has 2 N–H and O–H groups in total. The lowest BCUT2D eigenvalue weighted by Gasteiger charge is -2.11. The maximum Gasteiger partial charge on any atom is 0.252 e. The van der Waals surface area contributed by atoms with Crippen LogP contribution in [-0.2, 0) is 4.79 Å². The van der Waals surface area contributed by atoms with E-state index in [1.54, 1.807) is 24.3 Å². The molecular weight excluding hydrogens is 369 g/mol. The molecule has 0 aliphatic rings. The molecule has 0 saturated heterocycles. The zero-order valence-electron chi connectivity index (χ0n) is 14.5. The summed E-state index contributed by atoms with van der Waals surface area (Å²) in [5, 5.41) is 4.53. The standard InChI is InChI=1S/C21H15F3N2O2/c22-16-10-11-17(20(24)19(16)23)26-18(27)12-25-21(28)15-9-5-4-8-14(15)13-6-2-1-3-7-13/h1-11H,12H2,(H,25,28)(H,26,27). The van der Waals surface area contributed by atoms with Gasteiger partial charge in [0.25, 0.3) is 5.91 Å². The summed E-state index contributed by atoms with van der Waals surface area (Å²) in [5.41, 5.74) is 1.37. The van der Waals surface area contributed by atoms with Gasteiger partial charge in [-0.2, -0.15) is 0 Å². The van der Waals surface area contributed by atoms with Crippen molar-refractivity contribution < 1.29 is 22.8 Å². The zero-order valence-corrected chi connectivity index (χ0v) is 14.5. The van der Waals surface area contributed by atoms with Crippen molar-refractivity contribution in [2.24, 2.45) is 0 Å². The number of anilines is 1. The Kier molecular flexibility index (Phi) is 5.74. The Hall–Kier alpha value is -3.61. The second kappa shape index (κ2) is 8.39. The van der Waals surface area contributed by atoms with Gasteiger partial charge in [0, 0.05) is 5.56 Å². The largest absolute Gasteiger partial charge is 0.343 e. The van der Waals surface area contributed by atoms with Gasteiger partial charge in [0.15, 0.2) is 17.5 Å². The van der Waals surface area contributed by atoms with Gasteiger partial charge in [0.05, 0.1) is 12.2 Å². The van der Waals surface area contributed by atoms with Gasteiger partial charge in [0.1, 0.15) is 0 Å². The Bertz CT molecular complexity index is 1020. The van der Waals surface area contributed by atoms with Gasteiger partial charge in [-0.1, -0.05) is 48.5 Å². The first kappa shape index (κ1) is 19.2. The van der Waals surface area contributed by atoms with Gasteiger partial charge in [-0.3, -0.25) is 9.59 Å². The first-order valence-electron chi connectivity index (χ1n) is 8.33. The van der Waals surface area contributed by atoms with E-state index in [-0.39, 0.29) is 0 Å². The molecule has 3 aromatic rings. The van der Waals surface area contributed by atoms with Crippen LogP contribution in [-0.4, -0.2) is 18.4 Å². The molecule has 0 spiro atoms. The molecule has 142 valence electrons. The van der Waals surface area contributed by atoms with E-state index in [0.717, 1.165) is 11.6 Å². The molecule has 0 unspecified atom stereocenters. The maximum absolute atomic E-state index is 13.6. The van der Waals surface area contributed by atoms with Gasteiger partial charge in [-0.25, -0.2) is 13.2 Å². The van der Waals surface area contributed by atoms with Crippen molar-refractivity contribution in [3.8, 4) is 11.1 Å². The predicted octanol–water partition coefficient (Wildman–Crippen LogP) is 4.14. The summed E-state index contributed by atoms with van der Waals surface area (Å²) in [5.74, 6) is -5.83. The minimum Gasteiger partial charge on any atom is -0.343 e. The van der Waals surface area contributed by atoms with Crippen LogP contribution < -0.4 is 10.6 Å². The number of amides is 2. The third-order valence-electron chi connectivity index (χ3n) is 3.98. The van der Waals surface area contributed by atoms with Gasteiger partial charge >= 0.3 is 0 Å². The quantitative estimate of drug-likeness (QED) is 0.650. The summed E-state index contributed by atoms with van der Waals surface area (Å²) in [7, 11) is 0. The molecule has 0 aliphatic carbocycles. The first-order chi connectivity index (χ1) is 13.5. The summed E-state index contributed by atoms with van der Waals surface area (Å²) in [4.78, 5) is 24.4. The van der Waals surface area contributed by atoms with Gasteiger partial charge < -0.3 is 10.6 Å². The maximum atomic E-state index is 13.6. The molecule has 0 saturated carbocycles. The minimum atomic E-state index is -1.68. The van der Waals surface area contributed by atoms with Crippen LogP contribution in [0.5, 0.6) is 0 Å². The molecule has 0 heterocycles. The molecule has 28 heavy (non-hydrogen) atoms. The van der Waals surface area contributed by atoms with Crippen LogP contribution in [0.4, 0.5) is 18.9 Å². The Morgan fingerprint density at radius 2 is 1.46 bits per heavy atom. The molecule has 0 atom stereocenters. The van der Waals surface area contributed by atoms with E-state index in [4.69, 9.17) is 0 Å². The summed E-state index contributed by atoms with van der Waals surface area (Å²) >= 11 is 0. The fraction of sp³-hybridized carbons (Fsp3) is 0.0476. The molecule has 0 aromatic heterocycles. The van der Waals surface area contributed by atoms with Crippen LogP contribution in [0.25, 0.3) is 11.1 Å². The second-order valence-electron chi connectivity index (χ2n) is 5.87. The van der Waals surface area contributed by atoms with E-state index >= 15 is 0 Å². The first-order valence-corrected chi connectivity index (χ1v) is 8.33. The molecule has 0 aliphatic heterocycles. The molecule has 7 heteroatoms. The van der Waals surface area contributed by atoms with E-state index in [9.17, 15) is 22.8 Å². The lowest BCUT2D eigenvalue weighted by Crippen LogP contribution is -2.33. The summed E-state index contributed by atoms with van der Waals surface area (Å²) in [6.45, 7) is -0.472. The number of halogens is 3. The number of carbonyl (C=O) groups excluding carboxylic acids is 2. The van der Waals surface area contributed by atoms with Crippen molar-refractivity contribution in [3.05, 3.63) is 89.7 Å². The lowest BCUT2D eigenvalue weighted by molar-refractivity contribution is -0.115. The topological polar surface area (TPSA) is 58.2 Å². The number of carbonyl (C=O) groups is 2. The number of hydrogen-bond acceptors (Lipinski definition) is 2. The number of nitrogens with one attached hydrogen (secondary N) is 2. The van der Waals surface area contributed by atoms with Crippen LogP contribution in [0.2, 0.25) is 0 Å². The highest BCUT2D eigenvalue weighted by Gasteiger charge is 2.17. The van der Waals surface area contributed by atoms with Crippen LogP contribution in [0.1, 0.15) is 10.4 Å². The van der Waals surface area contributed by atoms with Crippen molar-refractivity contribution >= 4 is 17.5 Å². The second-order valence-corrected chi connectivity index (χ2v) is 5.87. The van der Waals surface area contributed by atoms with Gasteiger partial charge in [-0.15, -0.1) is 0 Å². The fourth-order valence-corrected chi connectivity index (χ4v) is 2.62. The average molecular weight is 384 g/mol. The van der Waals surface area contributed by atoms with Gasteiger partial charge in [0.2, 0.25) is 5.91 Å². The summed E-state index contributed by atoms with van der Waals surface area (Å²) in [6.07, 6.45) is 0. The van der Waals surface area contributed by atoms with E-state index in [1.807, 2.05) is 30.3 Å². The fourth-order valence-electron chi connectivity index (χ4n) is 2.62. The van der Waals surface area contributed by atoms with E-state index in [0.29, 0.717) is 17.2 Å². The van der Waals surface area contributed by atoms with Crippen molar-refractivity contribution in [1.29, 1.82) is 0 Å². The predicted molar refractivity (Wildman–Crippen MR) is 99.2 cm³/mol. The molecule has 3 rings (SSSR count).